The molecule has 1 aromatic rings. The summed E-state index contributed by atoms with van der Waals surface area (Å²) in [4.78, 5) is 0. The van der Waals surface area contributed by atoms with Crippen molar-refractivity contribution in [3.63, 3.8) is 0 Å². The van der Waals surface area contributed by atoms with E-state index in [1.54, 1.807) is 0 Å². The average molecular weight is 203 g/mol. The highest BCUT2D eigenvalue weighted by Crippen LogP contribution is 2.32. The molecule has 0 aliphatic heterocycles. The molecule has 0 spiro atoms. The smallest absolute Gasteiger partial charge is 0.00644 e. The molecule has 1 aliphatic carbocycles. The van der Waals surface area contributed by atoms with E-state index in [2.05, 4.69) is 43.6 Å². The van der Waals surface area contributed by atoms with E-state index in [0.717, 1.165) is 12.0 Å². The molecule has 15 heavy (non-hydrogen) atoms. The molecule has 0 bridgehead atoms. The summed E-state index contributed by atoms with van der Waals surface area (Å²) in [5.74, 6) is 0.801. The molecule has 82 valence electrons. The number of hydrogen-bond donors (Lipinski definition) is 1. The minimum Gasteiger partial charge on any atom is -0.317 e. The number of benzene rings is 1. The van der Waals surface area contributed by atoms with Gasteiger partial charge in [0.15, 0.2) is 0 Å². The van der Waals surface area contributed by atoms with Gasteiger partial charge < -0.3 is 5.32 Å². The van der Waals surface area contributed by atoms with E-state index in [0.29, 0.717) is 0 Å². The van der Waals surface area contributed by atoms with Crippen LogP contribution in [0.1, 0.15) is 42.7 Å². The topological polar surface area (TPSA) is 12.0 Å². The Hall–Kier alpha value is -0.820. The Kier molecular flexibility index (Phi) is 3.42. The predicted molar refractivity (Wildman–Crippen MR) is 65.2 cm³/mol. The Morgan fingerprint density at radius 3 is 2.13 bits per heavy atom. The third-order valence-electron chi connectivity index (χ3n) is 3.68. The monoisotopic (exact) mass is 203 g/mol. The normalized spacial score (nSPS) is 26.5. The SMILES string of the molecule is CNC1CCC(c2ccc(C)cc2)CC1. The molecule has 1 heteroatoms. The lowest BCUT2D eigenvalue weighted by atomic mass is 9.81. The second-order valence-electron chi connectivity index (χ2n) is 4.75. The van der Waals surface area contributed by atoms with Crippen molar-refractivity contribution < 1.29 is 0 Å². The summed E-state index contributed by atoms with van der Waals surface area (Å²) in [5, 5.41) is 3.39. The van der Waals surface area contributed by atoms with Gasteiger partial charge in [-0.15, -0.1) is 0 Å². The van der Waals surface area contributed by atoms with Crippen molar-refractivity contribution in [2.75, 3.05) is 7.05 Å². The highest BCUT2D eigenvalue weighted by molar-refractivity contribution is 5.24. The Morgan fingerprint density at radius 1 is 1.00 bits per heavy atom. The summed E-state index contributed by atoms with van der Waals surface area (Å²) < 4.78 is 0. The van der Waals surface area contributed by atoms with Crippen LogP contribution in [0.3, 0.4) is 0 Å². The van der Waals surface area contributed by atoms with Gasteiger partial charge in [-0.05, 0) is 51.1 Å². The first-order valence-electron chi connectivity index (χ1n) is 6.03. The van der Waals surface area contributed by atoms with Gasteiger partial charge in [0.05, 0.1) is 0 Å². The van der Waals surface area contributed by atoms with Crippen LogP contribution < -0.4 is 5.32 Å². The lowest BCUT2D eigenvalue weighted by Crippen LogP contribution is -2.29. The van der Waals surface area contributed by atoms with E-state index >= 15 is 0 Å². The van der Waals surface area contributed by atoms with Crippen molar-refractivity contribution in [1.82, 2.24) is 5.32 Å². The number of aryl methyl sites for hydroxylation is 1. The van der Waals surface area contributed by atoms with Gasteiger partial charge in [0.2, 0.25) is 0 Å². The maximum atomic E-state index is 3.39. The van der Waals surface area contributed by atoms with Gasteiger partial charge in [-0.25, -0.2) is 0 Å². The Bertz CT molecular complexity index is 294. The maximum Gasteiger partial charge on any atom is 0.00644 e. The zero-order chi connectivity index (χ0) is 10.7. The second kappa shape index (κ2) is 4.80. The fourth-order valence-corrected chi connectivity index (χ4v) is 2.55. The minimum atomic E-state index is 0.756. The van der Waals surface area contributed by atoms with E-state index in [4.69, 9.17) is 0 Å². The lowest BCUT2D eigenvalue weighted by molar-refractivity contribution is 0.359. The van der Waals surface area contributed by atoms with Gasteiger partial charge in [-0.1, -0.05) is 29.8 Å². The Balaban J connectivity index is 1.98. The van der Waals surface area contributed by atoms with Crippen LogP contribution in [-0.4, -0.2) is 13.1 Å². The van der Waals surface area contributed by atoms with Crippen molar-refractivity contribution in [2.45, 2.75) is 44.6 Å². The Labute approximate surface area is 92.9 Å². The summed E-state index contributed by atoms with van der Waals surface area (Å²) in [6.07, 6.45) is 5.34. The first kappa shape index (κ1) is 10.7. The van der Waals surface area contributed by atoms with Crippen LogP contribution in [0.4, 0.5) is 0 Å². The summed E-state index contributed by atoms with van der Waals surface area (Å²) in [5.41, 5.74) is 2.90. The molecule has 0 amide bonds. The predicted octanol–water partition coefficient (Wildman–Crippen LogP) is 3.24. The molecule has 2 rings (SSSR count). The van der Waals surface area contributed by atoms with Crippen LogP contribution >= 0.6 is 0 Å². The molecule has 1 saturated carbocycles. The van der Waals surface area contributed by atoms with E-state index in [-0.39, 0.29) is 0 Å². The number of rotatable bonds is 2. The number of nitrogens with one attached hydrogen (secondary N) is 1. The van der Waals surface area contributed by atoms with E-state index in [1.807, 2.05) is 0 Å². The molecule has 0 radical (unpaired) electrons. The average Bonchev–Trinajstić information content (AvgIpc) is 2.30. The van der Waals surface area contributed by atoms with E-state index < -0.39 is 0 Å². The third kappa shape index (κ3) is 2.60. The van der Waals surface area contributed by atoms with Gasteiger partial charge in [-0.3, -0.25) is 0 Å². The standard InChI is InChI=1S/C14H21N/c1-11-3-5-12(6-4-11)13-7-9-14(15-2)10-8-13/h3-6,13-15H,7-10H2,1-2H3. The van der Waals surface area contributed by atoms with Crippen molar-refractivity contribution in [3.05, 3.63) is 35.4 Å². The van der Waals surface area contributed by atoms with Crippen LogP contribution in [0.15, 0.2) is 24.3 Å². The van der Waals surface area contributed by atoms with Crippen LogP contribution in [-0.2, 0) is 0 Å². The van der Waals surface area contributed by atoms with Gasteiger partial charge in [-0.2, -0.15) is 0 Å². The van der Waals surface area contributed by atoms with Gasteiger partial charge in [0, 0.05) is 6.04 Å². The van der Waals surface area contributed by atoms with Crippen LogP contribution in [0.5, 0.6) is 0 Å². The summed E-state index contributed by atoms with van der Waals surface area (Å²) in [6.45, 7) is 2.15. The fourth-order valence-electron chi connectivity index (χ4n) is 2.55. The second-order valence-corrected chi connectivity index (χ2v) is 4.75. The maximum absolute atomic E-state index is 3.39. The summed E-state index contributed by atoms with van der Waals surface area (Å²) in [7, 11) is 2.08. The van der Waals surface area contributed by atoms with Crippen LogP contribution in [0, 0.1) is 6.92 Å². The molecule has 1 N–H and O–H groups in total. The van der Waals surface area contributed by atoms with Crippen molar-refractivity contribution in [1.29, 1.82) is 0 Å². The molecular formula is C14H21N. The van der Waals surface area contributed by atoms with Gasteiger partial charge in [0.1, 0.15) is 0 Å². The van der Waals surface area contributed by atoms with E-state index in [1.165, 1.54) is 36.8 Å². The zero-order valence-electron chi connectivity index (χ0n) is 9.79. The molecule has 0 atom stereocenters. The molecular weight excluding hydrogens is 182 g/mol. The molecule has 1 nitrogen and oxygen atoms in total. The molecule has 1 fully saturated rings. The molecule has 0 aromatic heterocycles. The first-order chi connectivity index (χ1) is 7.29. The van der Waals surface area contributed by atoms with Crippen molar-refractivity contribution >= 4 is 0 Å². The lowest BCUT2D eigenvalue weighted by Gasteiger charge is -2.28. The zero-order valence-corrected chi connectivity index (χ0v) is 9.79. The molecule has 0 saturated heterocycles. The largest absolute Gasteiger partial charge is 0.317 e. The van der Waals surface area contributed by atoms with Gasteiger partial charge >= 0.3 is 0 Å². The van der Waals surface area contributed by atoms with Gasteiger partial charge in [0.25, 0.3) is 0 Å². The quantitative estimate of drug-likeness (QED) is 0.778. The number of hydrogen-bond acceptors (Lipinski definition) is 1. The minimum absolute atomic E-state index is 0.756. The fraction of sp³-hybridized carbons (Fsp3) is 0.571. The van der Waals surface area contributed by atoms with Crippen LogP contribution in [0.25, 0.3) is 0 Å². The molecule has 1 aliphatic rings. The summed E-state index contributed by atoms with van der Waals surface area (Å²) >= 11 is 0. The van der Waals surface area contributed by atoms with Crippen molar-refractivity contribution in [2.24, 2.45) is 0 Å². The van der Waals surface area contributed by atoms with Crippen LogP contribution in [0.2, 0.25) is 0 Å². The molecule has 0 heterocycles. The molecule has 0 unspecified atom stereocenters. The van der Waals surface area contributed by atoms with E-state index in [9.17, 15) is 0 Å². The highest BCUT2D eigenvalue weighted by Gasteiger charge is 2.20. The third-order valence-corrected chi connectivity index (χ3v) is 3.68. The molecule has 1 aromatic carbocycles. The highest BCUT2D eigenvalue weighted by atomic mass is 14.9. The Morgan fingerprint density at radius 2 is 1.60 bits per heavy atom. The summed E-state index contributed by atoms with van der Waals surface area (Å²) in [6, 6.07) is 9.84. The first-order valence-corrected chi connectivity index (χ1v) is 6.03. The van der Waals surface area contributed by atoms with Crippen molar-refractivity contribution in [3.8, 4) is 0 Å².